The zero-order valence-electron chi connectivity index (χ0n) is 6.32. The normalized spacial score (nSPS) is 15.6. The molecule has 6 heteroatoms. The summed E-state index contributed by atoms with van der Waals surface area (Å²) in [7, 11) is -1.49. The van der Waals surface area contributed by atoms with E-state index in [-0.39, 0.29) is 12.7 Å². The Balaban J connectivity index is 3.83. The number of carboxylic acids is 1. The summed E-state index contributed by atoms with van der Waals surface area (Å²) in [6.45, 7) is 1.33. The van der Waals surface area contributed by atoms with Gasteiger partial charge < -0.3 is 20.9 Å². The van der Waals surface area contributed by atoms with Crippen LogP contribution in [0.25, 0.3) is 0 Å². The summed E-state index contributed by atoms with van der Waals surface area (Å²) >= 11 is 0. The molecule has 0 radical (unpaired) electrons. The van der Waals surface area contributed by atoms with Crippen LogP contribution >= 0.6 is 0 Å². The van der Waals surface area contributed by atoms with Crippen LogP contribution in [0, 0.1) is 0 Å². The Morgan fingerprint density at radius 1 is 1.64 bits per heavy atom. The molecule has 0 bridgehead atoms. The number of carbonyl (C=O) groups is 1. The van der Waals surface area contributed by atoms with Crippen molar-refractivity contribution in [1.29, 1.82) is 0 Å². The molecule has 64 valence electrons. The number of hydrogen-bond donors (Lipinski definition) is 4. The average molecular weight is 161 g/mol. The zero-order chi connectivity index (χ0) is 9.07. The summed E-state index contributed by atoms with van der Waals surface area (Å²) in [6.07, 6.45) is 0.0132. The van der Waals surface area contributed by atoms with Crippen LogP contribution in [-0.4, -0.2) is 33.8 Å². The highest BCUT2D eigenvalue weighted by Crippen LogP contribution is 2.09. The lowest BCUT2D eigenvalue weighted by molar-refractivity contribution is -0.142. The minimum absolute atomic E-state index is 0.0285. The van der Waals surface area contributed by atoms with Crippen molar-refractivity contribution >= 4 is 13.1 Å². The first-order valence-corrected chi connectivity index (χ1v) is 3.24. The molecule has 0 aromatic heterocycles. The number of hydrogen-bond acceptors (Lipinski definition) is 4. The molecular formula is C5H12BNO4. The summed E-state index contributed by atoms with van der Waals surface area (Å²) < 4.78 is 0. The van der Waals surface area contributed by atoms with Crippen molar-refractivity contribution < 1.29 is 19.9 Å². The molecule has 0 saturated carbocycles. The molecule has 5 nitrogen and oxygen atoms in total. The lowest BCUT2D eigenvalue weighted by Gasteiger charge is -2.18. The standard InChI is InChI=1S/C5H12BNO4/c1-5(7,4(8)9)2-3-6(10)11/h10-11H,2-3,7H2,1H3,(H,8,9)/t5-/m0/s1. The molecule has 0 fully saturated rings. The quantitative estimate of drug-likeness (QED) is 0.381. The van der Waals surface area contributed by atoms with Gasteiger partial charge in [-0.15, -0.1) is 0 Å². The third kappa shape index (κ3) is 3.97. The SMILES string of the molecule is C[C@](N)(CCB(O)O)C(=O)O. The topological polar surface area (TPSA) is 104 Å². The lowest BCUT2D eigenvalue weighted by Crippen LogP contribution is -2.45. The van der Waals surface area contributed by atoms with E-state index in [9.17, 15) is 4.79 Å². The van der Waals surface area contributed by atoms with Gasteiger partial charge in [0.2, 0.25) is 0 Å². The molecule has 0 amide bonds. The van der Waals surface area contributed by atoms with E-state index < -0.39 is 18.6 Å². The second-order valence-corrected chi connectivity index (χ2v) is 2.74. The summed E-state index contributed by atoms with van der Waals surface area (Å²) in [4.78, 5) is 10.3. The largest absolute Gasteiger partial charge is 0.480 e. The molecule has 0 aliphatic carbocycles. The van der Waals surface area contributed by atoms with Crippen molar-refractivity contribution in [3.8, 4) is 0 Å². The maximum Gasteiger partial charge on any atom is 0.451 e. The van der Waals surface area contributed by atoms with E-state index in [0.29, 0.717) is 0 Å². The molecule has 0 spiro atoms. The van der Waals surface area contributed by atoms with E-state index >= 15 is 0 Å². The molecule has 11 heavy (non-hydrogen) atoms. The summed E-state index contributed by atoms with van der Waals surface area (Å²) in [5.74, 6) is -1.14. The molecule has 0 aromatic carbocycles. The van der Waals surface area contributed by atoms with Gasteiger partial charge in [-0.3, -0.25) is 4.79 Å². The highest BCUT2D eigenvalue weighted by atomic mass is 16.4. The summed E-state index contributed by atoms with van der Waals surface area (Å²) in [5.41, 5.74) is 3.91. The highest BCUT2D eigenvalue weighted by molar-refractivity contribution is 6.41. The van der Waals surface area contributed by atoms with Gasteiger partial charge in [0.1, 0.15) is 5.54 Å². The minimum Gasteiger partial charge on any atom is -0.480 e. The molecule has 0 aliphatic heterocycles. The van der Waals surface area contributed by atoms with Crippen molar-refractivity contribution in [2.75, 3.05) is 0 Å². The van der Waals surface area contributed by atoms with E-state index in [4.69, 9.17) is 20.9 Å². The second-order valence-electron chi connectivity index (χ2n) is 2.74. The second kappa shape index (κ2) is 3.70. The number of carboxylic acid groups (broad SMARTS) is 1. The predicted molar refractivity (Wildman–Crippen MR) is 39.8 cm³/mol. The van der Waals surface area contributed by atoms with Gasteiger partial charge in [0.15, 0.2) is 0 Å². The third-order valence-electron chi connectivity index (χ3n) is 1.41. The Morgan fingerprint density at radius 3 is 2.36 bits per heavy atom. The van der Waals surface area contributed by atoms with Crippen molar-refractivity contribution in [3.63, 3.8) is 0 Å². The van der Waals surface area contributed by atoms with E-state index in [1.165, 1.54) is 6.92 Å². The molecule has 0 aromatic rings. The smallest absolute Gasteiger partial charge is 0.451 e. The van der Waals surface area contributed by atoms with Crippen LogP contribution in [-0.2, 0) is 4.79 Å². The maximum atomic E-state index is 10.3. The van der Waals surface area contributed by atoms with Crippen LogP contribution < -0.4 is 5.73 Å². The third-order valence-corrected chi connectivity index (χ3v) is 1.41. The lowest BCUT2D eigenvalue weighted by atomic mass is 9.79. The molecular weight excluding hydrogens is 149 g/mol. The van der Waals surface area contributed by atoms with Crippen molar-refractivity contribution in [3.05, 3.63) is 0 Å². The van der Waals surface area contributed by atoms with Crippen molar-refractivity contribution in [1.82, 2.24) is 0 Å². The first-order chi connectivity index (χ1) is 4.86. The fourth-order valence-corrected chi connectivity index (χ4v) is 0.536. The molecule has 5 N–H and O–H groups in total. The van der Waals surface area contributed by atoms with Crippen LogP contribution in [0.5, 0.6) is 0 Å². The molecule has 0 rings (SSSR count). The van der Waals surface area contributed by atoms with E-state index in [1.54, 1.807) is 0 Å². The van der Waals surface area contributed by atoms with Crippen LogP contribution in [0.15, 0.2) is 0 Å². The average Bonchev–Trinajstić information content (AvgIpc) is 1.84. The highest BCUT2D eigenvalue weighted by Gasteiger charge is 2.28. The van der Waals surface area contributed by atoms with Gasteiger partial charge in [-0.25, -0.2) is 0 Å². The van der Waals surface area contributed by atoms with E-state index in [1.807, 2.05) is 0 Å². The molecule has 0 aliphatic rings. The number of rotatable bonds is 4. The first-order valence-electron chi connectivity index (χ1n) is 3.24. The molecule has 1 atom stereocenters. The maximum absolute atomic E-state index is 10.3. The number of aliphatic carboxylic acids is 1. The van der Waals surface area contributed by atoms with E-state index in [0.717, 1.165) is 0 Å². The fourth-order valence-electron chi connectivity index (χ4n) is 0.536. The first kappa shape index (κ1) is 10.4. The van der Waals surface area contributed by atoms with Gasteiger partial charge in [-0.2, -0.15) is 0 Å². The van der Waals surface area contributed by atoms with Crippen LogP contribution in [0.2, 0.25) is 6.32 Å². The molecule has 0 unspecified atom stereocenters. The Kier molecular flexibility index (Phi) is 3.51. The van der Waals surface area contributed by atoms with Crippen LogP contribution in [0.1, 0.15) is 13.3 Å². The number of nitrogens with two attached hydrogens (primary N) is 1. The van der Waals surface area contributed by atoms with Gasteiger partial charge in [-0.05, 0) is 19.7 Å². The van der Waals surface area contributed by atoms with Crippen LogP contribution in [0.4, 0.5) is 0 Å². The van der Waals surface area contributed by atoms with Gasteiger partial charge in [-0.1, -0.05) is 0 Å². The minimum atomic E-state index is -1.49. The van der Waals surface area contributed by atoms with Crippen molar-refractivity contribution in [2.45, 2.75) is 25.2 Å². The zero-order valence-corrected chi connectivity index (χ0v) is 6.32. The Morgan fingerprint density at radius 2 is 2.09 bits per heavy atom. The van der Waals surface area contributed by atoms with Crippen LogP contribution in [0.3, 0.4) is 0 Å². The molecule has 0 heterocycles. The Hall–Kier alpha value is -0.585. The fraction of sp³-hybridized carbons (Fsp3) is 0.800. The Bertz CT molecular complexity index is 147. The summed E-state index contributed by atoms with van der Waals surface area (Å²) in [6, 6.07) is 0. The van der Waals surface area contributed by atoms with Gasteiger partial charge in [0, 0.05) is 0 Å². The Labute approximate surface area is 65.0 Å². The van der Waals surface area contributed by atoms with Gasteiger partial charge >= 0.3 is 13.1 Å². The predicted octanol–water partition coefficient (Wildman–Crippen LogP) is -1.35. The molecule has 0 saturated heterocycles. The van der Waals surface area contributed by atoms with Gasteiger partial charge in [0.25, 0.3) is 0 Å². The van der Waals surface area contributed by atoms with Crippen molar-refractivity contribution in [2.24, 2.45) is 5.73 Å². The monoisotopic (exact) mass is 161 g/mol. The van der Waals surface area contributed by atoms with Gasteiger partial charge in [0.05, 0.1) is 0 Å². The van der Waals surface area contributed by atoms with E-state index in [2.05, 4.69) is 0 Å². The summed E-state index contributed by atoms with van der Waals surface area (Å²) in [5, 5.41) is 25.3.